The number of hydrogen-bond acceptors (Lipinski definition) is 5. The van der Waals surface area contributed by atoms with E-state index in [9.17, 15) is 4.79 Å². The van der Waals surface area contributed by atoms with Gasteiger partial charge in [0.05, 0.1) is 18.4 Å². The molecule has 0 saturated carbocycles. The zero-order chi connectivity index (χ0) is 12.1. The monoisotopic (exact) mass is 252 g/mol. The van der Waals surface area contributed by atoms with E-state index in [1.54, 1.807) is 12.3 Å². The number of pyridine rings is 1. The summed E-state index contributed by atoms with van der Waals surface area (Å²) in [5.41, 5.74) is 1.51. The molecule has 1 fully saturated rings. The SMILES string of the molecule is COC(=O)c1ccc(CSCC2CNC2)nc1. The molecule has 1 aromatic heterocycles. The van der Waals surface area contributed by atoms with Gasteiger partial charge in [-0.1, -0.05) is 0 Å². The average molecular weight is 252 g/mol. The topological polar surface area (TPSA) is 51.2 Å². The molecule has 0 aromatic carbocycles. The van der Waals surface area contributed by atoms with Crippen molar-refractivity contribution in [2.75, 3.05) is 26.0 Å². The molecule has 17 heavy (non-hydrogen) atoms. The quantitative estimate of drug-likeness (QED) is 0.801. The van der Waals surface area contributed by atoms with Crippen molar-refractivity contribution in [1.29, 1.82) is 0 Å². The van der Waals surface area contributed by atoms with Crippen LogP contribution in [0.2, 0.25) is 0 Å². The zero-order valence-corrected chi connectivity index (χ0v) is 10.6. The van der Waals surface area contributed by atoms with Crippen molar-refractivity contribution in [3.05, 3.63) is 29.6 Å². The molecule has 2 rings (SSSR count). The molecule has 0 radical (unpaired) electrons. The standard InChI is InChI=1S/C12H16N2O2S/c1-16-12(15)10-2-3-11(14-6-10)8-17-7-9-4-13-5-9/h2-3,6,9,13H,4-5,7-8H2,1H3. The maximum atomic E-state index is 11.2. The van der Waals surface area contributed by atoms with Crippen molar-refractivity contribution in [2.45, 2.75) is 5.75 Å². The fourth-order valence-electron chi connectivity index (χ4n) is 1.54. The molecule has 0 bridgehead atoms. The van der Waals surface area contributed by atoms with E-state index in [4.69, 9.17) is 0 Å². The van der Waals surface area contributed by atoms with Gasteiger partial charge in [-0.3, -0.25) is 4.98 Å². The Labute approximate surface area is 105 Å². The number of carbonyl (C=O) groups excluding carboxylic acids is 1. The molecule has 1 N–H and O–H groups in total. The van der Waals surface area contributed by atoms with E-state index in [0.717, 1.165) is 30.5 Å². The average Bonchev–Trinajstić information content (AvgIpc) is 2.32. The summed E-state index contributed by atoms with van der Waals surface area (Å²) < 4.78 is 4.62. The van der Waals surface area contributed by atoms with Crippen LogP contribution in [-0.2, 0) is 10.5 Å². The van der Waals surface area contributed by atoms with Crippen LogP contribution in [0.1, 0.15) is 16.1 Å². The Bertz CT molecular complexity index is 377. The molecular formula is C12H16N2O2S. The summed E-state index contributed by atoms with van der Waals surface area (Å²) >= 11 is 1.89. The van der Waals surface area contributed by atoms with Crippen LogP contribution in [-0.4, -0.2) is 36.9 Å². The van der Waals surface area contributed by atoms with Crippen molar-refractivity contribution in [3.63, 3.8) is 0 Å². The Balaban J connectivity index is 1.78. The molecule has 2 heterocycles. The third-order valence-corrected chi connectivity index (χ3v) is 3.92. The second-order valence-electron chi connectivity index (χ2n) is 4.07. The lowest BCUT2D eigenvalue weighted by Crippen LogP contribution is -2.43. The minimum Gasteiger partial charge on any atom is -0.465 e. The Hall–Kier alpha value is -1.07. The molecule has 1 aliphatic heterocycles. The minimum atomic E-state index is -0.336. The molecule has 5 heteroatoms. The van der Waals surface area contributed by atoms with Gasteiger partial charge in [0.25, 0.3) is 0 Å². The molecule has 0 amide bonds. The summed E-state index contributed by atoms with van der Waals surface area (Å²) in [5, 5.41) is 3.26. The first kappa shape index (κ1) is 12.4. The first-order chi connectivity index (χ1) is 8.29. The molecule has 0 aliphatic carbocycles. The lowest BCUT2D eigenvalue weighted by Gasteiger charge is -2.26. The van der Waals surface area contributed by atoms with Crippen molar-refractivity contribution in [1.82, 2.24) is 10.3 Å². The fraction of sp³-hybridized carbons (Fsp3) is 0.500. The third-order valence-electron chi connectivity index (χ3n) is 2.72. The Morgan fingerprint density at radius 3 is 2.94 bits per heavy atom. The summed E-state index contributed by atoms with van der Waals surface area (Å²) in [6.07, 6.45) is 1.58. The van der Waals surface area contributed by atoms with Gasteiger partial charge in [-0.2, -0.15) is 11.8 Å². The maximum Gasteiger partial charge on any atom is 0.339 e. The highest BCUT2D eigenvalue weighted by Crippen LogP contribution is 2.16. The zero-order valence-electron chi connectivity index (χ0n) is 9.81. The summed E-state index contributed by atoms with van der Waals surface area (Å²) in [5.74, 6) is 2.55. The number of ether oxygens (including phenoxy) is 1. The predicted molar refractivity (Wildman–Crippen MR) is 68.1 cm³/mol. The largest absolute Gasteiger partial charge is 0.465 e. The van der Waals surface area contributed by atoms with Gasteiger partial charge >= 0.3 is 5.97 Å². The van der Waals surface area contributed by atoms with E-state index in [-0.39, 0.29) is 5.97 Å². The highest BCUT2D eigenvalue weighted by atomic mass is 32.2. The van der Waals surface area contributed by atoms with Crippen LogP contribution in [0.4, 0.5) is 0 Å². The fourth-order valence-corrected chi connectivity index (χ4v) is 2.61. The van der Waals surface area contributed by atoms with Gasteiger partial charge < -0.3 is 10.1 Å². The van der Waals surface area contributed by atoms with Crippen LogP contribution < -0.4 is 5.32 Å². The van der Waals surface area contributed by atoms with Gasteiger partial charge in [0.1, 0.15) is 0 Å². The van der Waals surface area contributed by atoms with Crippen molar-refractivity contribution in [3.8, 4) is 0 Å². The minimum absolute atomic E-state index is 0.336. The van der Waals surface area contributed by atoms with Gasteiger partial charge in [0.15, 0.2) is 0 Å². The van der Waals surface area contributed by atoms with Crippen molar-refractivity contribution >= 4 is 17.7 Å². The second-order valence-corrected chi connectivity index (χ2v) is 5.10. The van der Waals surface area contributed by atoms with Gasteiger partial charge in [-0.15, -0.1) is 0 Å². The lowest BCUT2D eigenvalue weighted by atomic mass is 10.1. The van der Waals surface area contributed by atoms with Crippen LogP contribution >= 0.6 is 11.8 Å². The Morgan fingerprint density at radius 1 is 1.59 bits per heavy atom. The van der Waals surface area contributed by atoms with Gasteiger partial charge in [0, 0.05) is 11.9 Å². The van der Waals surface area contributed by atoms with E-state index in [2.05, 4.69) is 15.0 Å². The predicted octanol–water partition coefficient (Wildman–Crippen LogP) is 1.32. The number of aromatic nitrogens is 1. The number of thioether (sulfide) groups is 1. The van der Waals surface area contributed by atoms with E-state index < -0.39 is 0 Å². The van der Waals surface area contributed by atoms with Crippen molar-refractivity contribution in [2.24, 2.45) is 5.92 Å². The van der Waals surface area contributed by atoms with Crippen LogP contribution in [0, 0.1) is 5.92 Å². The van der Waals surface area contributed by atoms with Crippen LogP contribution in [0.15, 0.2) is 18.3 Å². The Kier molecular flexibility index (Phi) is 4.39. The first-order valence-corrected chi connectivity index (χ1v) is 6.77. The molecule has 1 aromatic rings. The van der Waals surface area contributed by atoms with E-state index in [0.29, 0.717) is 5.56 Å². The third kappa shape index (κ3) is 3.44. The summed E-state index contributed by atoms with van der Waals surface area (Å²) in [7, 11) is 1.37. The van der Waals surface area contributed by atoms with E-state index >= 15 is 0 Å². The highest BCUT2D eigenvalue weighted by Gasteiger charge is 2.16. The second kappa shape index (κ2) is 6.02. The number of nitrogens with one attached hydrogen (secondary N) is 1. The molecule has 4 nitrogen and oxygen atoms in total. The Morgan fingerprint density at radius 2 is 2.41 bits per heavy atom. The number of rotatable bonds is 5. The smallest absolute Gasteiger partial charge is 0.339 e. The van der Waals surface area contributed by atoms with Gasteiger partial charge in [-0.05, 0) is 36.9 Å². The molecule has 0 spiro atoms. The van der Waals surface area contributed by atoms with Crippen LogP contribution in [0.25, 0.3) is 0 Å². The summed E-state index contributed by atoms with van der Waals surface area (Å²) in [4.78, 5) is 15.5. The van der Waals surface area contributed by atoms with E-state index in [1.165, 1.54) is 12.9 Å². The maximum absolute atomic E-state index is 11.2. The highest BCUT2D eigenvalue weighted by molar-refractivity contribution is 7.98. The van der Waals surface area contributed by atoms with E-state index in [1.807, 2.05) is 17.8 Å². The van der Waals surface area contributed by atoms with Crippen LogP contribution in [0.5, 0.6) is 0 Å². The summed E-state index contributed by atoms with van der Waals surface area (Å²) in [6.45, 7) is 2.28. The van der Waals surface area contributed by atoms with Gasteiger partial charge in [-0.25, -0.2) is 4.79 Å². The molecular weight excluding hydrogens is 236 g/mol. The van der Waals surface area contributed by atoms with Crippen LogP contribution in [0.3, 0.4) is 0 Å². The molecule has 1 aliphatic rings. The number of methoxy groups -OCH3 is 1. The normalized spacial score (nSPS) is 15.4. The lowest BCUT2D eigenvalue weighted by molar-refractivity contribution is 0.0600. The number of hydrogen-bond donors (Lipinski definition) is 1. The molecule has 0 unspecified atom stereocenters. The van der Waals surface area contributed by atoms with Crippen molar-refractivity contribution < 1.29 is 9.53 Å². The number of carbonyl (C=O) groups is 1. The molecule has 92 valence electrons. The number of nitrogens with zero attached hydrogens (tertiary/aromatic N) is 1. The van der Waals surface area contributed by atoms with Gasteiger partial charge in [0.2, 0.25) is 0 Å². The first-order valence-electron chi connectivity index (χ1n) is 5.61. The molecule has 0 atom stereocenters. The number of esters is 1. The molecule has 1 saturated heterocycles. The summed E-state index contributed by atoms with van der Waals surface area (Å²) in [6, 6.07) is 3.65.